The van der Waals surface area contributed by atoms with E-state index < -0.39 is 6.04 Å². The minimum Gasteiger partial charge on any atom is -0.327 e. The lowest BCUT2D eigenvalue weighted by Crippen LogP contribution is -2.42. The van der Waals surface area contributed by atoms with E-state index in [0.29, 0.717) is 58.4 Å². The number of hydrogen-bond acceptors (Lipinski definition) is 4. The zero-order chi connectivity index (χ0) is 24.1. The molecule has 1 aromatic heterocycles. The van der Waals surface area contributed by atoms with Gasteiger partial charge in [0.15, 0.2) is 0 Å². The zero-order valence-electron chi connectivity index (χ0n) is 19.5. The van der Waals surface area contributed by atoms with Crippen LogP contribution in [0.4, 0.5) is 0 Å². The van der Waals surface area contributed by atoms with E-state index in [9.17, 15) is 9.59 Å². The molecule has 176 valence electrons. The fourth-order valence-corrected chi connectivity index (χ4v) is 4.44. The predicted molar refractivity (Wildman–Crippen MR) is 135 cm³/mol. The second-order valence-electron chi connectivity index (χ2n) is 8.29. The number of likely N-dealkylation sites (N-methyl/N-ethyl adjacent to an activating group) is 1. The molecule has 0 N–H and O–H groups in total. The van der Waals surface area contributed by atoms with Crippen LogP contribution in [0.1, 0.15) is 48.9 Å². The highest BCUT2D eigenvalue weighted by molar-refractivity contribution is 6.36. The first kappa shape index (κ1) is 25.2. The molecule has 3 rings (SSSR count). The molecule has 0 fully saturated rings. The van der Waals surface area contributed by atoms with E-state index in [1.54, 1.807) is 33.7 Å². The number of carbonyl (C=O) groups excluding carboxylic acids is 1. The zero-order valence-corrected chi connectivity index (χ0v) is 21.0. The lowest BCUT2D eigenvalue weighted by atomic mass is 10.1. The van der Waals surface area contributed by atoms with Gasteiger partial charge in [0.05, 0.1) is 27.5 Å². The number of nitrogens with zero attached hydrogens (tertiary/aromatic N) is 4. The number of amides is 1. The van der Waals surface area contributed by atoms with E-state index in [1.807, 2.05) is 51.0 Å². The number of aromatic nitrogens is 2. The average Bonchev–Trinajstić information content (AvgIpc) is 2.78. The van der Waals surface area contributed by atoms with Gasteiger partial charge < -0.3 is 9.80 Å². The van der Waals surface area contributed by atoms with Crippen molar-refractivity contribution < 1.29 is 4.79 Å². The first-order chi connectivity index (χ1) is 15.8. The number of para-hydroxylation sites is 1. The summed E-state index contributed by atoms with van der Waals surface area (Å²) in [6.07, 6.45) is 1.37. The maximum absolute atomic E-state index is 13.7. The molecule has 6 nitrogen and oxygen atoms in total. The SMILES string of the molecule is CCCn1c(C(CC)N(CCN(C)C)C(=O)c2ccc(Cl)cc2Cl)nc2ccccc2c1=O. The fourth-order valence-electron chi connectivity index (χ4n) is 3.95. The Morgan fingerprint density at radius 3 is 2.45 bits per heavy atom. The van der Waals surface area contributed by atoms with Crippen LogP contribution in [0.25, 0.3) is 10.9 Å². The lowest BCUT2D eigenvalue weighted by Gasteiger charge is -2.33. The van der Waals surface area contributed by atoms with Crippen molar-refractivity contribution >= 4 is 40.0 Å². The normalized spacial score (nSPS) is 12.3. The van der Waals surface area contributed by atoms with Crippen molar-refractivity contribution in [3.05, 3.63) is 74.3 Å². The highest BCUT2D eigenvalue weighted by Crippen LogP contribution is 2.29. The summed E-state index contributed by atoms with van der Waals surface area (Å²) in [5, 5.41) is 1.35. The Labute approximate surface area is 204 Å². The number of benzene rings is 2. The van der Waals surface area contributed by atoms with Crippen molar-refractivity contribution in [3.8, 4) is 0 Å². The van der Waals surface area contributed by atoms with Gasteiger partial charge >= 0.3 is 0 Å². The van der Waals surface area contributed by atoms with Crippen LogP contribution in [-0.2, 0) is 6.54 Å². The summed E-state index contributed by atoms with van der Waals surface area (Å²) in [5.41, 5.74) is 0.928. The Balaban J connectivity index is 2.17. The van der Waals surface area contributed by atoms with Gasteiger partial charge in [-0.1, -0.05) is 49.2 Å². The van der Waals surface area contributed by atoms with E-state index in [-0.39, 0.29) is 11.5 Å². The molecule has 3 aromatic rings. The van der Waals surface area contributed by atoms with E-state index in [2.05, 4.69) is 0 Å². The minimum atomic E-state index is -0.395. The van der Waals surface area contributed by atoms with Crippen LogP contribution in [0.3, 0.4) is 0 Å². The highest BCUT2D eigenvalue weighted by Gasteiger charge is 2.30. The van der Waals surface area contributed by atoms with Crippen LogP contribution in [0, 0.1) is 0 Å². The summed E-state index contributed by atoms with van der Waals surface area (Å²) in [5.74, 6) is 0.385. The van der Waals surface area contributed by atoms with Crippen molar-refractivity contribution in [3.63, 3.8) is 0 Å². The third-order valence-corrected chi connectivity index (χ3v) is 6.16. The first-order valence-corrected chi connectivity index (χ1v) is 11.9. The van der Waals surface area contributed by atoms with Crippen LogP contribution in [0.15, 0.2) is 47.3 Å². The van der Waals surface area contributed by atoms with Gasteiger partial charge in [0, 0.05) is 24.7 Å². The molecule has 1 unspecified atom stereocenters. The van der Waals surface area contributed by atoms with E-state index in [4.69, 9.17) is 28.2 Å². The Morgan fingerprint density at radius 2 is 1.82 bits per heavy atom. The van der Waals surface area contributed by atoms with Crippen molar-refractivity contribution in [2.45, 2.75) is 39.3 Å². The fraction of sp³-hybridized carbons (Fsp3) is 0.400. The monoisotopic (exact) mass is 488 g/mol. The first-order valence-electron chi connectivity index (χ1n) is 11.2. The maximum atomic E-state index is 13.7. The molecule has 8 heteroatoms. The van der Waals surface area contributed by atoms with Crippen molar-refractivity contribution in [2.75, 3.05) is 27.2 Å². The second kappa shape index (κ2) is 11.1. The topological polar surface area (TPSA) is 58.4 Å². The van der Waals surface area contributed by atoms with Gasteiger partial charge in [-0.3, -0.25) is 14.2 Å². The average molecular weight is 489 g/mol. The predicted octanol–water partition coefficient (Wildman–Crippen LogP) is 5.27. The van der Waals surface area contributed by atoms with Crippen LogP contribution >= 0.6 is 23.2 Å². The van der Waals surface area contributed by atoms with Crippen LogP contribution < -0.4 is 5.56 Å². The standard InChI is InChI=1S/C25H30Cl2N4O2/c1-5-13-31-23(28-21-10-8-7-9-19(21)25(31)33)22(6-2)30(15-14-29(3)4)24(32)18-12-11-17(26)16-20(18)27/h7-12,16,22H,5-6,13-15H2,1-4H3. The van der Waals surface area contributed by atoms with Gasteiger partial charge in [-0.2, -0.15) is 0 Å². The van der Waals surface area contributed by atoms with Gasteiger partial charge in [-0.05, 0) is 57.3 Å². The van der Waals surface area contributed by atoms with Crippen LogP contribution in [0.5, 0.6) is 0 Å². The Kier molecular flexibility index (Phi) is 8.51. The molecule has 1 amide bonds. The summed E-state index contributed by atoms with van der Waals surface area (Å²) in [6.45, 7) is 5.66. The summed E-state index contributed by atoms with van der Waals surface area (Å²) >= 11 is 12.5. The number of fused-ring (bicyclic) bond motifs is 1. The minimum absolute atomic E-state index is 0.0829. The maximum Gasteiger partial charge on any atom is 0.261 e. The third-order valence-electron chi connectivity index (χ3n) is 5.61. The molecule has 0 aliphatic heterocycles. The molecular weight excluding hydrogens is 459 g/mol. The molecule has 1 heterocycles. The quantitative estimate of drug-likeness (QED) is 0.411. The lowest BCUT2D eigenvalue weighted by molar-refractivity contribution is 0.0641. The largest absolute Gasteiger partial charge is 0.327 e. The molecule has 0 spiro atoms. The summed E-state index contributed by atoms with van der Waals surface area (Å²) in [4.78, 5) is 35.8. The van der Waals surface area contributed by atoms with Crippen LogP contribution in [0.2, 0.25) is 10.0 Å². The molecule has 0 bridgehead atoms. The Morgan fingerprint density at radius 1 is 1.09 bits per heavy atom. The molecule has 0 saturated carbocycles. The van der Waals surface area contributed by atoms with Gasteiger partial charge in [-0.25, -0.2) is 4.98 Å². The Hall–Kier alpha value is -2.41. The summed E-state index contributed by atoms with van der Waals surface area (Å²) < 4.78 is 1.72. The van der Waals surface area contributed by atoms with Crippen molar-refractivity contribution in [1.29, 1.82) is 0 Å². The van der Waals surface area contributed by atoms with Gasteiger partial charge in [0.1, 0.15) is 5.82 Å². The van der Waals surface area contributed by atoms with Crippen molar-refractivity contribution in [1.82, 2.24) is 19.4 Å². The van der Waals surface area contributed by atoms with Gasteiger partial charge in [0.25, 0.3) is 11.5 Å². The molecule has 2 aromatic carbocycles. The summed E-state index contributed by atoms with van der Waals surface area (Å²) in [7, 11) is 3.92. The molecule has 33 heavy (non-hydrogen) atoms. The molecular formula is C25H30Cl2N4O2. The van der Waals surface area contributed by atoms with Crippen molar-refractivity contribution in [2.24, 2.45) is 0 Å². The molecule has 0 radical (unpaired) electrons. The molecule has 0 aliphatic carbocycles. The van der Waals surface area contributed by atoms with E-state index in [0.717, 1.165) is 6.42 Å². The number of halogens is 2. The van der Waals surface area contributed by atoms with Crippen LogP contribution in [-0.4, -0.2) is 52.4 Å². The van der Waals surface area contributed by atoms with Gasteiger partial charge in [-0.15, -0.1) is 0 Å². The summed E-state index contributed by atoms with van der Waals surface area (Å²) in [6, 6.07) is 11.8. The smallest absolute Gasteiger partial charge is 0.261 e. The highest BCUT2D eigenvalue weighted by atomic mass is 35.5. The number of carbonyl (C=O) groups is 1. The Bertz CT molecular complexity index is 1190. The van der Waals surface area contributed by atoms with E-state index >= 15 is 0 Å². The second-order valence-corrected chi connectivity index (χ2v) is 9.14. The molecule has 0 aliphatic rings. The van der Waals surface area contributed by atoms with E-state index in [1.165, 1.54) is 0 Å². The number of hydrogen-bond donors (Lipinski definition) is 0. The third kappa shape index (κ3) is 5.57. The number of rotatable bonds is 9. The molecule has 1 atom stereocenters. The molecule has 0 saturated heterocycles. The van der Waals surface area contributed by atoms with Gasteiger partial charge in [0.2, 0.25) is 0 Å².